The van der Waals surface area contributed by atoms with Crippen LogP contribution in [0.15, 0.2) is 60.7 Å². The number of carbonyl (C=O) groups is 4. The smallest absolute Gasteiger partial charge is 0.410 e. The van der Waals surface area contributed by atoms with Gasteiger partial charge >= 0.3 is 24.1 Å². The van der Waals surface area contributed by atoms with E-state index in [2.05, 4.69) is 33.6 Å². The summed E-state index contributed by atoms with van der Waals surface area (Å²) in [6.45, 7) is 13.9. The number of halogens is 2. The summed E-state index contributed by atoms with van der Waals surface area (Å²) in [6, 6.07) is 14.6. The largest absolute Gasteiger partial charge is 0.468 e. The number of methoxy groups -OCH3 is 2. The number of nitrogens with two attached hydrogens (primary N) is 1. The molecule has 0 bridgehead atoms. The van der Waals surface area contributed by atoms with E-state index < -0.39 is 35.3 Å². The highest BCUT2D eigenvalue weighted by atomic mass is 35.5. The third kappa shape index (κ3) is 16.5. The molecule has 0 saturated carbocycles. The monoisotopic (exact) mass is 792 g/mol. The van der Waals surface area contributed by atoms with Gasteiger partial charge in [0.25, 0.3) is 0 Å². The normalized spacial score (nSPS) is 15.2. The molecule has 0 aromatic heterocycles. The molecule has 2 heterocycles. The number of carbonyl (C=O) groups excluding carboxylic acids is 4. The van der Waals surface area contributed by atoms with Crippen LogP contribution in [0.5, 0.6) is 0 Å². The minimum absolute atomic E-state index is 0. The highest BCUT2D eigenvalue weighted by molar-refractivity contribution is 5.85. The molecular formula is C40H58Cl2N4O8. The average molecular weight is 794 g/mol. The van der Waals surface area contributed by atoms with Crippen molar-refractivity contribution < 1.29 is 38.1 Å². The summed E-state index contributed by atoms with van der Waals surface area (Å²) >= 11 is 0. The first-order valence-corrected chi connectivity index (χ1v) is 17.6. The Bertz CT molecular complexity index is 1580. The van der Waals surface area contributed by atoms with Gasteiger partial charge in [-0.2, -0.15) is 0 Å². The van der Waals surface area contributed by atoms with Gasteiger partial charge in [0, 0.05) is 26.1 Å². The Hall–Kier alpha value is -4.10. The van der Waals surface area contributed by atoms with Crippen LogP contribution >= 0.6 is 24.8 Å². The summed E-state index contributed by atoms with van der Waals surface area (Å²) in [5.74, 6) is -0.910. The standard InChI is InChI=1S/C25H36N2O6.C15H20N2O2.2ClH/c1-24(2,3)32-22(29)26-20(21(28)31-7)16-17-8-10-18(11-9-17)19-12-14-27(15-13-19)23(30)33-25(4,5)6;1-19-15(18)14(16)10-11-2-4-12(5-3-11)13-6-8-17-9-7-13;;/h8-12,20H,13-16H2,1-7H3,(H,26,29);2-6,14,17H,7-10,16H2,1H3;2*1H/t20-;14-;;/m00../s1. The fourth-order valence-electron chi connectivity index (χ4n) is 5.53. The molecule has 2 aromatic rings. The Kier molecular flexibility index (Phi) is 19.8. The Morgan fingerprint density at radius 1 is 0.759 bits per heavy atom. The topological polar surface area (TPSA) is 159 Å². The third-order valence-corrected chi connectivity index (χ3v) is 8.15. The van der Waals surface area contributed by atoms with Crippen molar-refractivity contribution in [3.8, 4) is 0 Å². The Morgan fingerprint density at radius 3 is 1.72 bits per heavy atom. The number of rotatable bonds is 9. The van der Waals surface area contributed by atoms with Crippen molar-refractivity contribution in [1.82, 2.24) is 15.5 Å². The lowest BCUT2D eigenvalue weighted by atomic mass is 9.97. The van der Waals surface area contributed by atoms with Crippen LogP contribution in [0.3, 0.4) is 0 Å². The summed E-state index contributed by atoms with van der Waals surface area (Å²) in [4.78, 5) is 49.5. The molecule has 4 rings (SSSR count). The molecular weight excluding hydrogens is 735 g/mol. The number of benzene rings is 2. The number of nitrogens with zero attached hydrogens (tertiary/aromatic N) is 1. The summed E-state index contributed by atoms with van der Waals surface area (Å²) in [6.07, 6.45) is 5.84. The van der Waals surface area contributed by atoms with Gasteiger partial charge in [-0.05, 0) is 101 Å². The van der Waals surface area contributed by atoms with E-state index in [-0.39, 0.29) is 43.3 Å². The first-order chi connectivity index (χ1) is 24.5. The van der Waals surface area contributed by atoms with Crippen LogP contribution in [-0.2, 0) is 41.4 Å². The number of esters is 2. The number of alkyl carbamates (subject to hydrolysis) is 1. The molecule has 2 aliphatic heterocycles. The predicted molar refractivity (Wildman–Crippen MR) is 216 cm³/mol. The first kappa shape index (κ1) is 47.9. The molecule has 2 aromatic carbocycles. The van der Waals surface area contributed by atoms with Crippen molar-refractivity contribution >= 4 is 60.1 Å². The van der Waals surface area contributed by atoms with E-state index in [9.17, 15) is 19.2 Å². The van der Waals surface area contributed by atoms with Crippen molar-refractivity contribution in [2.24, 2.45) is 5.73 Å². The number of hydrogen-bond donors (Lipinski definition) is 3. The number of nitrogens with one attached hydrogen (secondary N) is 2. The molecule has 300 valence electrons. The third-order valence-electron chi connectivity index (χ3n) is 8.15. The SMILES string of the molecule is COC(=O)[C@@H](N)Cc1ccc(C2=CCNCC2)cc1.COC(=O)[C@H](Cc1ccc(C2=CCN(C(=O)OC(C)(C)C)CC2)cc1)NC(=O)OC(C)(C)C.Cl.Cl. The van der Waals surface area contributed by atoms with Crippen LogP contribution < -0.4 is 16.4 Å². The molecule has 0 saturated heterocycles. The Morgan fingerprint density at radius 2 is 1.28 bits per heavy atom. The number of ether oxygens (including phenoxy) is 4. The molecule has 0 aliphatic carbocycles. The number of hydrogen-bond acceptors (Lipinski definition) is 10. The van der Waals surface area contributed by atoms with Crippen LogP contribution in [0.1, 0.15) is 76.6 Å². The zero-order chi connectivity index (χ0) is 38.5. The zero-order valence-corrected chi connectivity index (χ0v) is 34.3. The maximum atomic E-state index is 12.2. The fraction of sp³-hybridized carbons (Fsp3) is 0.500. The van der Waals surface area contributed by atoms with E-state index in [1.807, 2.05) is 63.2 Å². The van der Waals surface area contributed by atoms with Crippen molar-refractivity contribution in [3.63, 3.8) is 0 Å². The maximum Gasteiger partial charge on any atom is 0.410 e. The van der Waals surface area contributed by atoms with E-state index in [1.54, 1.807) is 25.7 Å². The van der Waals surface area contributed by atoms with E-state index in [4.69, 9.17) is 19.9 Å². The van der Waals surface area contributed by atoms with E-state index in [1.165, 1.54) is 25.4 Å². The highest BCUT2D eigenvalue weighted by Gasteiger charge is 2.26. The summed E-state index contributed by atoms with van der Waals surface area (Å²) in [7, 11) is 2.64. The molecule has 0 radical (unpaired) electrons. The van der Waals surface area contributed by atoms with Crippen molar-refractivity contribution in [3.05, 3.63) is 82.9 Å². The van der Waals surface area contributed by atoms with Crippen molar-refractivity contribution in [1.29, 1.82) is 0 Å². The lowest BCUT2D eigenvalue weighted by molar-refractivity contribution is -0.143. The summed E-state index contributed by atoms with van der Waals surface area (Å²) in [5.41, 5.74) is 11.3. The number of amides is 2. The van der Waals surface area contributed by atoms with Gasteiger partial charge in [-0.3, -0.25) is 4.79 Å². The van der Waals surface area contributed by atoms with Gasteiger partial charge in [0.1, 0.15) is 23.3 Å². The first-order valence-electron chi connectivity index (χ1n) is 17.6. The van der Waals surface area contributed by atoms with Gasteiger partial charge in [0.15, 0.2) is 0 Å². The van der Waals surface area contributed by atoms with Crippen LogP contribution in [0.2, 0.25) is 0 Å². The molecule has 2 amide bonds. The predicted octanol–water partition coefficient (Wildman–Crippen LogP) is 6.27. The Labute approximate surface area is 332 Å². The highest BCUT2D eigenvalue weighted by Crippen LogP contribution is 2.25. The Balaban J connectivity index is 0.000000591. The van der Waals surface area contributed by atoms with Crippen LogP contribution in [0, 0.1) is 0 Å². The second-order valence-electron chi connectivity index (χ2n) is 14.7. The summed E-state index contributed by atoms with van der Waals surface area (Å²) < 4.78 is 20.1. The van der Waals surface area contributed by atoms with Gasteiger partial charge in [0.2, 0.25) is 0 Å². The minimum atomic E-state index is -0.855. The van der Waals surface area contributed by atoms with E-state index >= 15 is 0 Å². The van der Waals surface area contributed by atoms with Gasteiger partial charge in [-0.15, -0.1) is 24.8 Å². The molecule has 0 unspecified atom stereocenters. The van der Waals surface area contributed by atoms with E-state index in [0.29, 0.717) is 19.5 Å². The van der Waals surface area contributed by atoms with Crippen LogP contribution in [0.4, 0.5) is 9.59 Å². The molecule has 0 fully saturated rings. The molecule has 12 nitrogen and oxygen atoms in total. The van der Waals surface area contributed by atoms with Crippen molar-refractivity contribution in [2.75, 3.05) is 40.4 Å². The summed E-state index contributed by atoms with van der Waals surface area (Å²) in [5, 5.41) is 5.88. The lowest BCUT2D eigenvalue weighted by Gasteiger charge is -2.29. The van der Waals surface area contributed by atoms with Crippen LogP contribution in [-0.4, -0.2) is 92.7 Å². The zero-order valence-electron chi connectivity index (χ0n) is 32.7. The van der Waals surface area contributed by atoms with Gasteiger partial charge in [0.05, 0.1) is 14.2 Å². The van der Waals surface area contributed by atoms with Crippen LogP contribution in [0.25, 0.3) is 11.1 Å². The average Bonchev–Trinajstić information content (AvgIpc) is 3.10. The van der Waals surface area contributed by atoms with Gasteiger partial charge in [-0.25, -0.2) is 14.4 Å². The molecule has 2 atom stereocenters. The molecule has 2 aliphatic rings. The van der Waals surface area contributed by atoms with Gasteiger partial charge < -0.3 is 40.2 Å². The second kappa shape index (κ2) is 22.3. The van der Waals surface area contributed by atoms with E-state index in [0.717, 1.165) is 48.2 Å². The molecule has 54 heavy (non-hydrogen) atoms. The lowest BCUT2D eigenvalue weighted by Crippen LogP contribution is -2.45. The molecule has 4 N–H and O–H groups in total. The molecule has 14 heteroatoms. The minimum Gasteiger partial charge on any atom is -0.468 e. The second-order valence-corrected chi connectivity index (χ2v) is 14.7. The molecule has 0 spiro atoms. The van der Waals surface area contributed by atoms with Crippen molar-refractivity contribution in [2.45, 2.75) is 90.5 Å². The quantitative estimate of drug-likeness (QED) is 0.195. The maximum absolute atomic E-state index is 12.2. The van der Waals surface area contributed by atoms with Gasteiger partial charge in [-0.1, -0.05) is 60.7 Å². The fourth-order valence-corrected chi connectivity index (χ4v) is 5.53.